The van der Waals surface area contributed by atoms with Crippen molar-refractivity contribution < 1.29 is 13.9 Å². The lowest BCUT2D eigenvalue weighted by Gasteiger charge is -2.09. The van der Waals surface area contributed by atoms with Gasteiger partial charge in [-0.2, -0.15) is 5.10 Å². The van der Waals surface area contributed by atoms with Gasteiger partial charge in [0.2, 0.25) is 0 Å². The SMILES string of the molecule is O=C(Nc1cnn(Cc2ccccc2Cl)c1)c1ccc(COc2c(Cl)cc(Cl)cc2Cl)o1. The number of anilines is 1. The van der Waals surface area contributed by atoms with Gasteiger partial charge < -0.3 is 14.5 Å². The lowest BCUT2D eigenvalue weighted by molar-refractivity contribution is 0.0992. The first kappa shape index (κ1) is 22.6. The van der Waals surface area contributed by atoms with E-state index >= 15 is 0 Å². The molecule has 2 aromatic heterocycles. The number of hydrogen-bond acceptors (Lipinski definition) is 4. The van der Waals surface area contributed by atoms with Crippen LogP contribution in [0.5, 0.6) is 5.75 Å². The van der Waals surface area contributed by atoms with Gasteiger partial charge in [0.15, 0.2) is 11.5 Å². The van der Waals surface area contributed by atoms with Gasteiger partial charge >= 0.3 is 0 Å². The van der Waals surface area contributed by atoms with Crippen molar-refractivity contribution in [1.82, 2.24) is 9.78 Å². The maximum absolute atomic E-state index is 12.5. The number of amides is 1. The minimum absolute atomic E-state index is 0.0319. The molecule has 0 aliphatic carbocycles. The number of benzene rings is 2. The molecule has 4 rings (SSSR count). The van der Waals surface area contributed by atoms with E-state index in [1.807, 2.05) is 24.3 Å². The second-order valence-electron chi connectivity index (χ2n) is 6.73. The quantitative estimate of drug-likeness (QED) is 0.291. The van der Waals surface area contributed by atoms with Crippen molar-refractivity contribution in [3.8, 4) is 5.75 Å². The largest absolute Gasteiger partial charge is 0.483 e. The third-order valence-electron chi connectivity index (χ3n) is 4.39. The molecule has 1 amide bonds. The molecule has 4 aromatic rings. The monoisotopic (exact) mass is 509 g/mol. The topological polar surface area (TPSA) is 69.3 Å². The molecule has 0 aliphatic heterocycles. The molecule has 0 bridgehead atoms. The van der Waals surface area contributed by atoms with Gasteiger partial charge in [0, 0.05) is 16.2 Å². The predicted octanol–water partition coefficient (Wildman–Crippen LogP) is 6.97. The highest BCUT2D eigenvalue weighted by Gasteiger charge is 2.15. The maximum Gasteiger partial charge on any atom is 0.291 e. The highest BCUT2D eigenvalue weighted by Crippen LogP contribution is 2.36. The average molecular weight is 511 g/mol. The third-order valence-corrected chi connectivity index (χ3v) is 5.54. The van der Waals surface area contributed by atoms with Crippen LogP contribution in [0.1, 0.15) is 21.9 Å². The molecule has 0 atom stereocenters. The molecule has 0 aliphatic rings. The summed E-state index contributed by atoms with van der Waals surface area (Å²) in [5.74, 6) is 0.407. The molecule has 0 radical (unpaired) electrons. The number of nitrogens with one attached hydrogen (secondary N) is 1. The van der Waals surface area contributed by atoms with Crippen molar-refractivity contribution in [1.29, 1.82) is 0 Å². The van der Waals surface area contributed by atoms with Crippen LogP contribution in [0.25, 0.3) is 0 Å². The van der Waals surface area contributed by atoms with Crippen LogP contribution in [0.3, 0.4) is 0 Å². The van der Waals surface area contributed by atoms with Crippen LogP contribution >= 0.6 is 46.4 Å². The van der Waals surface area contributed by atoms with E-state index in [4.69, 9.17) is 55.6 Å². The Morgan fingerprint density at radius 3 is 2.53 bits per heavy atom. The molecule has 164 valence electrons. The lowest BCUT2D eigenvalue weighted by atomic mass is 10.2. The van der Waals surface area contributed by atoms with E-state index in [1.165, 1.54) is 12.1 Å². The van der Waals surface area contributed by atoms with Gasteiger partial charge in [-0.3, -0.25) is 9.48 Å². The smallest absolute Gasteiger partial charge is 0.291 e. The molecular weight excluding hydrogens is 496 g/mol. The van der Waals surface area contributed by atoms with E-state index in [0.29, 0.717) is 28.0 Å². The van der Waals surface area contributed by atoms with E-state index in [-0.39, 0.29) is 28.2 Å². The zero-order valence-corrected chi connectivity index (χ0v) is 19.3. The summed E-state index contributed by atoms with van der Waals surface area (Å²) in [6, 6.07) is 13.7. The molecule has 6 nitrogen and oxygen atoms in total. The van der Waals surface area contributed by atoms with Gasteiger partial charge in [-0.15, -0.1) is 0 Å². The standard InChI is InChI=1S/C22H15Cl4N3O3/c23-14-7-18(25)21(19(26)8-14)31-12-16-5-6-20(32-16)22(30)28-15-9-27-29(11-15)10-13-3-1-2-4-17(13)24/h1-9,11H,10,12H2,(H,28,30). The van der Waals surface area contributed by atoms with Crippen LogP contribution in [0.2, 0.25) is 20.1 Å². The summed E-state index contributed by atoms with van der Waals surface area (Å²) in [7, 11) is 0. The molecule has 1 N–H and O–H groups in total. The summed E-state index contributed by atoms with van der Waals surface area (Å²) in [6.45, 7) is 0.512. The van der Waals surface area contributed by atoms with Crippen LogP contribution in [-0.4, -0.2) is 15.7 Å². The van der Waals surface area contributed by atoms with Crippen LogP contribution < -0.4 is 10.1 Å². The van der Waals surface area contributed by atoms with Crippen molar-refractivity contribution >= 4 is 58.0 Å². The summed E-state index contributed by atoms with van der Waals surface area (Å²) >= 11 is 24.3. The van der Waals surface area contributed by atoms with E-state index in [9.17, 15) is 4.79 Å². The fraction of sp³-hybridized carbons (Fsp3) is 0.0909. The van der Waals surface area contributed by atoms with E-state index in [1.54, 1.807) is 29.2 Å². The Balaban J connectivity index is 1.36. The minimum Gasteiger partial charge on any atom is -0.483 e. The Labute approximate surface area is 203 Å². The Morgan fingerprint density at radius 2 is 1.78 bits per heavy atom. The van der Waals surface area contributed by atoms with Gasteiger partial charge in [-0.05, 0) is 35.9 Å². The Kier molecular flexibility index (Phi) is 6.96. The van der Waals surface area contributed by atoms with Gasteiger partial charge in [-0.25, -0.2) is 0 Å². The summed E-state index contributed by atoms with van der Waals surface area (Å²) < 4.78 is 12.9. The number of rotatable bonds is 7. The van der Waals surface area contributed by atoms with Crippen LogP contribution in [0.4, 0.5) is 5.69 Å². The Morgan fingerprint density at radius 1 is 1.03 bits per heavy atom. The van der Waals surface area contributed by atoms with Gasteiger partial charge in [-0.1, -0.05) is 64.6 Å². The first-order chi connectivity index (χ1) is 15.4. The molecule has 0 fully saturated rings. The first-order valence-electron chi connectivity index (χ1n) is 9.32. The summed E-state index contributed by atoms with van der Waals surface area (Å²) in [5, 5.41) is 8.60. The van der Waals surface area contributed by atoms with E-state index in [0.717, 1.165) is 5.56 Å². The number of halogens is 4. The average Bonchev–Trinajstić information content (AvgIpc) is 3.38. The second kappa shape index (κ2) is 9.88. The molecule has 0 saturated carbocycles. The first-order valence-corrected chi connectivity index (χ1v) is 10.8. The summed E-state index contributed by atoms with van der Waals surface area (Å²) in [5.41, 5.74) is 1.45. The molecular formula is C22H15Cl4N3O3. The Bertz CT molecular complexity index is 1250. The third kappa shape index (κ3) is 5.40. The minimum atomic E-state index is -0.420. The van der Waals surface area contributed by atoms with Crippen molar-refractivity contribution in [3.05, 3.63) is 98.1 Å². The zero-order valence-electron chi connectivity index (χ0n) is 16.3. The summed E-state index contributed by atoms with van der Waals surface area (Å²) in [6.07, 6.45) is 3.25. The number of nitrogens with zero attached hydrogens (tertiary/aromatic N) is 2. The van der Waals surface area contributed by atoms with Crippen molar-refractivity contribution in [2.45, 2.75) is 13.2 Å². The van der Waals surface area contributed by atoms with Crippen molar-refractivity contribution in [2.24, 2.45) is 0 Å². The molecule has 0 unspecified atom stereocenters. The van der Waals surface area contributed by atoms with E-state index < -0.39 is 5.91 Å². The van der Waals surface area contributed by atoms with Crippen molar-refractivity contribution in [3.63, 3.8) is 0 Å². The molecule has 0 saturated heterocycles. The van der Waals surface area contributed by atoms with Crippen molar-refractivity contribution in [2.75, 3.05) is 5.32 Å². The number of hydrogen-bond donors (Lipinski definition) is 1. The number of carbonyl (C=O) groups excluding carboxylic acids is 1. The molecule has 2 aromatic carbocycles. The molecule has 2 heterocycles. The maximum atomic E-state index is 12.5. The molecule has 32 heavy (non-hydrogen) atoms. The Hall–Kier alpha value is -2.64. The number of carbonyl (C=O) groups is 1. The van der Waals surface area contributed by atoms with Gasteiger partial charge in [0.1, 0.15) is 12.4 Å². The highest BCUT2D eigenvalue weighted by molar-refractivity contribution is 6.40. The van der Waals surface area contributed by atoms with Crippen LogP contribution in [-0.2, 0) is 13.2 Å². The molecule has 10 heteroatoms. The fourth-order valence-electron chi connectivity index (χ4n) is 2.90. The highest BCUT2D eigenvalue weighted by atomic mass is 35.5. The number of ether oxygens (including phenoxy) is 1. The predicted molar refractivity (Wildman–Crippen MR) is 125 cm³/mol. The second-order valence-corrected chi connectivity index (χ2v) is 8.38. The molecule has 0 spiro atoms. The lowest BCUT2D eigenvalue weighted by Crippen LogP contribution is -2.10. The van der Waals surface area contributed by atoms with Gasteiger partial charge in [0.25, 0.3) is 5.91 Å². The van der Waals surface area contributed by atoms with Gasteiger partial charge in [0.05, 0.1) is 28.5 Å². The normalized spacial score (nSPS) is 10.9. The van der Waals surface area contributed by atoms with Crippen LogP contribution in [0, 0.1) is 0 Å². The number of furan rings is 1. The van der Waals surface area contributed by atoms with E-state index in [2.05, 4.69) is 10.4 Å². The number of aromatic nitrogens is 2. The summed E-state index contributed by atoms with van der Waals surface area (Å²) in [4.78, 5) is 12.5. The zero-order chi connectivity index (χ0) is 22.7. The van der Waals surface area contributed by atoms with Crippen LogP contribution in [0.15, 0.2) is 65.3 Å². The fourth-order valence-corrected chi connectivity index (χ4v) is 4.02.